The predicted octanol–water partition coefficient (Wildman–Crippen LogP) is 2.04. The van der Waals surface area contributed by atoms with E-state index in [0.717, 1.165) is 11.8 Å². The minimum absolute atomic E-state index is 0.0805. The topological polar surface area (TPSA) is 37.3 Å². The van der Waals surface area contributed by atoms with E-state index < -0.39 is 4.75 Å². The molecule has 60 valence electrons. The zero-order valence-electron chi connectivity index (χ0n) is 6.50. The van der Waals surface area contributed by atoms with E-state index in [4.69, 9.17) is 0 Å². The van der Waals surface area contributed by atoms with Gasteiger partial charge in [-0.15, -0.1) is 0 Å². The molecule has 0 aromatic carbocycles. The smallest absolute Gasteiger partial charge is 0.216 e. The van der Waals surface area contributed by atoms with Gasteiger partial charge in [0.25, 0.3) is 0 Å². The Morgan fingerprint density at radius 1 is 1.73 bits per heavy atom. The van der Waals surface area contributed by atoms with Crippen molar-refractivity contribution in [2.24, 2.45) is 0 Å². The van der Waals surface area contributed by atoms with Crippen LogP contribution in [0.4, 0.5) is 0 Å². The Morgan fingerprint density at radius 2 is 2.36 bits per heavy atom. The van der Waals surface area contributed by atoms with E-state index in [-0.39, 0.29) is 10.9 Å². The second kappa shape index (κ2) is 2.74. The third-order valence-electron chi connectivity index (χ3n) is 1.56. The number of allylic oxidation sites excluding steroid dienone is 1. The molecule has 0 saturated heterocycles. The number of aliphatic hydroxyl groups excluding tert-OH is 1. The summed E-state index contributed by atoms with van der Waals surface area (Å²) in [6.45, 7) is 3.68. The third-order valence-corrected chi connectivity index (χ3v) is 2.65. The molecule has 0 radical (unpaired) electrons. The summed E-state index contributed by atoms with van der Waals surface area (Å²) in [6.07, 6.45) is 4.91. The molecule has 1 aliphatic heterocycles. The van der Waals surface area contributed by atoms with E-state index in [1.54, 1.807) is 0 Å². The van der Waals surface area contributed by atoms with Crippen LogP contribution in [0, 0.1) is 0 Å². The lowest BCUT2D eigenvalue weighted by atomic mass is 10.1. The molecule has 3 heteroatoms. The van der Waals surface area contributed by atoms with Crippen molar-refractivity contribution in [2.45, 2.75) is 18.6 Å². The second-order valence-electron chi connectivity index (χ2n) is 2.56. The minimum Gasteiger partial charge on any atom is -0.510 e. The average Bonchev–Trinajstić information content (AvgIpc) is 2.08. The molecule has 0 aromatic heterocycles. The molecule has 0 unspecified atom stereocenters. The van der Waals surface area contributed by atoms with Crippen LogP contribution in [0.25, 0.3) is 0 Å². The lowest BCUT2D eigenvalue weighted by molar-refractivity contribution is -0.106. The summed E-state index contributed by atoms with van der Waals surface area (Å²) in [4.78, 5) is 10.8. The molecule has 1 aliphatic rings. The molecule has 0 saturated carbocycles. The molecule has 1 atom stereocenters. The van der Waals surface area contributed by atoms with E-state index in [2.05, 4.69) is 0 Å². The van der Waals surface area contributed by atoms with Crippen LogP contribution in [0.15, 0.2) is 24.0 Å². The Morgan fingerprint density at radius 3 is 2.73 bits per heavy atom. The number of rotatable bonds is 1. The van der Waals surface area contributed by atoms with Crippen molar-refractivity contribution in [3.63, 3.8) is 0 Å². The van der Waals surface area contributed by atoms with Crippen LogP contribution in [0.2, 0.25) is 0 Å². The van der Waals surface area contributed by atoms with Crippen LogP contribution in [0.5, 0.6) is 0 Å². The monoisotopic (exact) mass is 170 g/mol. The summed E-state index contributed by atoms with van der Waals surface area (Å²) in [5.74, 6) is 0.144. The van der Waals surface area contributed by atoms with Gasteiger partial charge in [0.15, 0.2) is 0 Å². The Hall–Kier alpha value is -0.700. The predicted molar refractivity (Wildman–Crippen MR) is 46.5 cm³/mol. The zero-order chi connectivity index (χ0) is 8.48. The summed E-state index contributed by atoms with van der Waals surface area (Å²) in [5.41, 5.74) is 0. The Balaban J connectivity index is 2.92. The van der Waals surface area contributed by atoms with E-state index >= 15 is 0 Å². The van der Waals surface area contributed by atoms with Gasteiger partial charge in [-0.2, -0.15) is 0 Å². The molecule has 0 aromatic rings. The van der Waals surface area contributed by atoms with Gasteiger partial charge < -0.3 is 5.11 Å². The van der Waals surface area contributed by atoms with Crippen molar-refractivity contribution in [3.05, 3.63) is 24.0 Å². The summed E-state index contributed by atoms with van der Waals surface area (Å²) >= 11 is 1.13. The highest BCUT2D eigenvalue weighted by molar-refractivity contribution is 8.15. The molecule has 0 bridgehead atoms. The van der Waals surface area contributed by atoms with Crippen molar-refractivity contribution >= 4 is 16.9 Å². The molecular formula is C8H10O2S. The van der Waals surface area contributed by atoms with Gasteiger partial charge in [0.1, 0.15) is 5.76 Å². The fourth-order valence-corrected chi connectivity index (χ4v) is 1.94. The summed E-state index contributed by atoms with van der Waals surface area (Å²) in [5, 5.41) is 9.24. The fourth-order valence-electron chi connectivity index (χ4n) is 0.983. The van der Waals surface area contributed by atoms with Gasteiger partial charge in [-0.3, -0.25) is 4.79 Å². The van der Waals surface area contributed by atoms with Gasteiger partial charge in [0.05, 0.1) is 4.75 Å². The molecular weight excluding hydrogens is 160 g/mol. The number of carbonyl (C=O) groups excluding carboxylic acids is 1. The summed E-state index contributed by atoms with van der Waals surface area (Å²) in [7, 11) is 0. The first-order chi connectivity index (χ1) is 5.08. The van der Waals surface area contributed by atoms with Crippen LogP contribution in [0.3, 0.4) is 0 Å². The van der Waals surface area contributed by atoms with E-state index in [1.165, 1.54) is 6.08 Å². The Kier molecular flexibility index (Phi) is 2.09. The van der Waals surface area contributed by atoms with Gasteiger partial charge in [0, 0.05) is 6.08 Å². The van der Waals surface area contributed by atoms with Crippen molar-refractivity contribution in [3.8, 4) is 0 Å². The number of carbonyl (C=O) groups is 1. The molecule has 1 N–H and O–H groups in total. The van der Waals surface area contributed by atoms with Gasteiger partial charge in [0.2, 0.25) is 5.12 Å². The summed E-state index contributed by atoms with van der Waals surface area (Å²) in [6, 6.07) is 0. The van der Waals surface area contributed by atoms with Crippen LogP contribution in [0.1, 0.15) is 13.8 Å². The number of thioether (sulfide) groups is 1. The first kappa shape index (κ1) is 8.40. The van der Waals surface area contributed by atoms with Crippen LogP contribution >= 0.6 is 11.8 Å². The lowest BCUT2D eigenvalue weighted by Gasteiger charge is -2.16. The van der Waals surface area contributed by atoms with Gasteiger partial charge in [-0.1, -0.05) is 23.9 Å². The Labute approximate surface area is 70.0 Å². The standard InChI is InChI=1S/C8H10O2S/c1-3-4-8(2)6(9)5-7(10)11-8/h3-5,9H,1-2H3/t8-/m1/s1. The molecule has 0 fully saturated rings. The maximum atomic E-state index is 10.8. The molecule has 2 nitrogen and oxygen atoms in total. The SMILES string of the molecule is CC=C[C@@]1(C)SC(=O)C=C1O. The van der Waals surface area contributed by atoms with E-state index in [0.29, 0.717) is 0 Å². The van der Waals surface area contributed by atoms with Crippen molar-refractivity contribution in [1.29, 1.82) is 0 Å². The highest BCUT2D eigenvalue weighted by Gasteiger charge is 2.35. The number of hydrogen-bond donors (Lipinski definition) is 1. The van der Waals surface area contributed by atoms with Crippen molar-refractivity contribution < 1.29 is 9.90 Å². The maximum absolute atomic E-state index is 10.8. The largest absolute Gasteiger partial charge is 0.510 e. The quantitative estimate of drug-likeness (QED) is 0.612. The van der Waals surface area contributed by atoms with Gasteiger partial charge >= 0.3 is 0 Å². The molecule has 11 heavy (non-hydrogen) atoms. The van der Waals surface area contributed by atoms with E-state index in [1.807, 2.05) is 26.0 Å². The Bertz CT molecular complexity index is 242. The normalized spacial score (nSPS) is 31.5. The molecule has 1 rings (SSSR count). The first-order valence-corrected chi connectivity index (χ1v) is 4.18. The highest BCUT2D eigenvalue weighted by atomic mass is 32.2. The lowest BCUT2D eigenvalue weighted by Crippen LogP contribution is -2.16. The average molecular weight is 170 g/mol. The third kappa shape index (κ3) is 1.48. The van der Waals surface area contributed by atoms with E-state index in [9.17, 15) is 9.90 Å². The second-order valence-corrected chi connectivity index (χ2v) is 4.01. The van der Waals surface area contributed by atoms with Crippen molar-refractivity contribution in [1.82, 2.24) is 0 Å². The van der Waals surface area contributed by atoms with Gasteiger partial charge in [-0.05, 0) is 13.8 Å². The highest BCUT2D eigenvalue weighted by Crippen LogP contribution is 2.39. The number of aliphatic hydroxyl groups is 1. The maximum Gasteiger partial charge on any atom is 0.216 e. The molecule has 1 heterocycles. The number of hydrogen-bond acceptors (Lipinski definition) is 3. The van der Waals surface area contributed by atoms with Crippen LogP contribution in [-0.2, 0) is 4.79 Å². The van der Waals surface area contributed by atoms with Gasteiger partial charge in [-0.25, -0.2) is 0 Å². The minimum atomic E-state index is -0.522. The van der Waals surface area contributed by atoms with Crippen LogP contribution in [-0.4, -0.2) is 15.0 Å². The van der Waals surface area contributed by atoms with Crippen LogP contribution < -0.4 is 0 Å². The first-order valence-electron chi connectivity index (χ1n) is 3.36. The molecule has 0 spiro atoms. The zero-order valence-corrected chi connectivity index (χ0v) is 7.31. The molecule has 0 aliphatic carbocycles. The molecule has 0 amide bonds. The van der Waals surface area contributed by atoms with Crippen molar-refractivity contribution in [2.75, 3.05) is 0 Å². The summed E-state index contributed by atoms with van der Waals surface area (Å²) < 4.78 is -0.522. The fraction of sp³-hybridized carbons (Fsp3) is 0.375.